The highest BCUT2D eigenvalue weighted by Gasteiger charge is 2.37. The van der Waals surface area contributed by atoms with Gasteiger partial charge in [-0.2, -0.15) is 0 Å². The molecule has 1 aliphatic rings. The zero-order valence-electron chi connectivity index (χ0n) is 7.83. The molecule has 0 amide bonds. The van der Waals surface area contributed by atoms with E-state index in [1.54, 1.807) is 6.92 Å². The topological polar surface area (TPSA) is 46.5 Å². The Morgan fingerprint density at radius 2 is 2.25 bits per heavy atom. The lowest BCUT2D eigenvalue weighted by Crippen LogP contribution is -2.25. The van der Waals surface area contributed by atoms with Crippen molar-refractivity contribution in [3.63, 3.8) is 0 Å². The minimum absolute atomic E-state index is 0.0995. The van der Waals surface area contributed by atoms with E-state index in [0.717, 1.165) is 6.42 Å². The van der Waals surface area contributed by atoms with Gasteiger partial charge >= 0.3 is 5.97 Å². The Hall–Kier alpha value is -0.570. The molecule has 1 heterocycles. The molecule has 70 valence electrons. The first-order chi connectivity index (χ1) is 5.42. The number of aliphatic carboxylic acids is 1. The Kier molecular flexibility index (Phi) is 2.42. The van der Waals surface area contributed by atoms with Crippen LogP contribution in [-0.2, 0) is 9.53 Å². The number of ether oxygens (including phenoxy) is 1. The van der Waals surface area contributed by atoms with E-state index in [2.05, 4.69) is 13.8 Å². The maximum atomic E-state index is 10.6. The van der Waals surface area contributed by atoms with E-state index in [9.17, 15) is 4.79 Å². The molecule has 0 aromatic rings. The number of hydrogen-bond donors (Lipinski definition) is 1. The summed E-state index contributed by atoms with van der Waals surface area (Å²) in [7, 11) is 0. The summed E-state index contributed by atoms with van der Waals surface area (Å²) in [5.74, 6) is -1.15. The third-order valence-corrected chi connectivity index (χ3v) is 2.39. The zero-order valence-corrected chi connectivity index (χ0v) is 7.83. The number of rotatable bonds is 2. The van der Waals surface area contributed by atoms with Crippen LogP contribution in [0.3, 0.4) is 0 Å². The summed E-state index contributed by atoms with van der Waals surface area (Å²) in [6, 6.07) is 0. The summed E-state index contributed by atoms with van der Waals surface area (Å²) in [4.78, 5) is 10.6. The minimum atomic E-state index is -0.766. The quantitative estimate of drug-likeness (QED) is 0.687. The van der Waals surface area contributed by atoms with E-state index in [-0.39, 0.29) is 17.4 Å². The van der Waals surface area contributed by atoms with Gasteiger partial charge in [-0.3, -0.25) is 4.79 Å². The summed E-state index contributed by atoms with van der Waals surface area (Å²) in [6.07, 6.45) is 0.748. The molecule has 1 fully saturated rings. The molecule has 1 N–H and O–H groups in total. The van der Waals surface area contributed by atoms with Crippen molar-refractivity contribution in [3.05, 3.63) is 0 Å². The number of carboxylic acids is 1. The summed E-state index contributed by atoms with van der Waals surface area (Å²) >= 11 is 0. The van der Waals surface area contributed by atoms with Crippen LogP contribution in [0, 0.1) is 11.3 Å². The molecular formula is C9H16O3. The van der Waals surface area contributed by atoms with Gasteiger partial charge in [0, 0.05) is 0 Å². The van der Waals surface area contributed by atoms with Crippen LogP contribution in [0.5, 0.6) is 0 Å². The van der Waals surface area contributed by atoms with Gasteiger partial charge in [-0.15, -0.1) is 0 Å². The summed E-state index contributed by atoms with van der Waals surface area (Å²) < 4.78 is 5.41. The normalized spacial score (nSPS) is 30.1. The molecule has 0 aliphatic carbocycles. The predicted octanol–water partition coefficient (Wildman–Crippen LogP) is 1.52. The van der Waals surface area contributed by atoms with Crippen LogP contribution < -0.4 is 0 Å². The van der Waals surface area contributed by atoms with Crippen molar-refractivity contribution in [1.82, 2.24) is 0 Å². The fourth-order valence-electron chi connectivity index (χ4n) is 1.48. The predicted molar refractivity (Wildman–Crippen MR) is 44.9 cm³/mol. The third kappa shape index (κ3) is 1.97. The second-order valence-corrected chi connectivity index (χ2v) is 4.34. The van der Waals surface area contributed by atoms with Gasteiger partial charge in [0.25, 0.3) is 0 Å². The van der Waals surface area contributed by atoms with E-state index in [1.807, 2.05) is 0 Å². The Morgan fingerprint density at radius 1 is 1.67 bits per heavy atom. The number of carboxylic acid groups (broad SMARTS) is 1. The average molecular weight is 172 g/mol. The van der Waals surface area contributed by atoms with E-state index in [1.165, 1.54) is 0 Å². The molecule has 0 aromatic heterocycles. The van der Waals surface area contributed by atoms with Crippen LogP contribution in [0.1, 0.15) is 27.2 Å². The van der Waals surface area contributed by atoms with Crippen LogP contribution in [0.15, 0.2) is 0 Å². The third-order valence-electron chi connectivity index (χ3n) is 2.39. The van der Waals surface area contributed by atoms with Gasteiger partial charge in [-0.05, 0) is 18.8 Å². The lowest BCUT2D eigenvalue weighted by Gasteiger charge is -2.16. The molecular weight excluding hydrogens is 156 g/mol. The lowest BCUT2D eigenvalue weighted by atomic mass is 9.87. The fourth-order valence-corrected chi connectivity index (χ4v) is 1.48. The molecule has 0 aromatic carbocycles. The fraction of sp³-hybridized carbons (Fsp3) is 0.889. The van der Waals surface area contributed by atoms with Gasteiger partial charge in [0.2, 0.25) is 0 Å². The summed E-state index contributed by atoms with van der Waals surface area (Å²) in [5, 5.41) is 8.73. The van der Waals surface area contributed by atoms with Crippen molar-refractivity contribution in [2.24, 2.45) is 11.3 Å². The van der Waals surface area contributed by atoms with E-state index >= 15 is 0 Å². The zero-order chi connectivity index (χ0) is 9.35. The monoisotopic (exact) mass is 172 g/mol. The molecule has 0 saturated carbocycles. The Bertz CT molecular complexity index is 186. The molecule has 12 heavy (non-hydrogen) atoms. The van der Waals surface area contributed by atoms with Crippen molar-refractivity contribution in [3.8, 4) is 0 Å². The maximum absolute atomic E-state index is 10.6. The molecule has 3 heteroatoms. The first-order valence-corrected chi connectivity index (χ1v) is 4.27. The molecule has 1 rings (SSSR count). The summed E-state index contributed by atoms with van der Waals surface area (Å²) in [5.41, 5.74) is 0.147. The summed E-state index contributed by atoms with van der Waals surface area (Å²) in [6.45, 7) is 6.58. The SMILES string of the molecule is C[C@@H](C(=O)O)C1CC(C)(C)CO1. The van der Waals surface area contributed by atoms with E-state index < -0.39 is 5.97 Å². The Balaban J connectivity index is 2.52. The van der Waals surface area contributed by atoms with Gasteiger partial charge in [0.15, 0.2) is 0 Å². The van der Waals surface area contributed by atoms with Crippen LogP contribution in [-0.4, -0.2) is 23.8 Å². The second kappa shape index (κ2) is 3.05. The molecule has 1 saturated heterocycles. The van der Waals surface area contributed by atoms with Gasteiger partial charge in [-0.25, -0.2) is 0 Å². The van der Waals surface area contributed by atoms with Gasteiger partial charge in [0.1, 0.15) is 0 Å². The van der Waals surface area contributed by atoms with Crippen molar-refractivity contribution in [2.45, 2.75) is 33.3 Å². The Labute approximate surface area is 72.7 Å². The van der Waals surface area contributed by atoms with Crippen molar-refractivity contribution in [1.29, 1.82) is 0 Å². The first-order valence-electron chi connectivity index (χ1n) is 4.27. The first kappa shape index (κ1) is 9.52. The van der Waals surface area contributed by atoms with Gasteiger partial charge in [0.05, 0.1) is 18.6 Å². The average Bonchev–Trinajstić information content (AvgIpc) is 2.28. The standard InChI is InChI=1S/C9H16O3/c1-6(8(10)11)7-4-9(2,3)5-12-7/h6-7H,4-5H2,1-3H3,(H,10,11)/t6-,7?/m1/s1. The molecule has 1 aliphatic heterocycles. The number of carbonyl (C=O) groups is 1. The van der Waals surface area contributed by atoms with Crippen LogP contribution in [0.4, 0.5) is 0 Å². The Morgan fingerprint density at radius 3 is 2.58 bits per heavy atom. The molecule has 1 unspecified atom stereocenters. The van der Waals surface area contributed by atoms with Gasteiger partial charge in [-0.1, -0.05) is 13.8 Å². The largest absolute Gasteiger partial charge is 0.481 e. The van der Waals surface area contributed by atoms with Crippen molar-refractivity contribution < 1.29 is 14.6 Å². The maximum Gasteiger partial charge on any atom is 0.308 e. The molecule has 2 atom stereocenters. The van der Waals surface area contributed by atoms with Crippen molar-refractivity contribution >= 4 is 5.97 Å². The number of hydrogen-bond acceptors (Lipinski definition) is 2. The van der Waals surface area contributed by atoms with Crippen LogP contribution in [0.25, 0.3) is 0 Å². The molecule has 3 nitrogen and oxygen atoms in total. The van der Waals surface area contributed by atoms with Crippen LogP contribution >= 0.6 is 0 Å². The highest BCUT2D eigenvalue weighted by Crippen LogP contribution is 2.34. The molecule has 0 radical (unpaired) electrons. The van der Waals surface area contributed by atoms with E-state index in [4.69, 9.17) is 9.84 Å². The smallest absolute Gasteiger partial charge is 0.308 e. The van der Waals surface area contributed by atoms with Crippen LogP contribution in [0.2, 0.25) is 0 Å². The second-order valence-electron chi connectivity index (χ2n) is 4.34. The highest BCUT2D eigenvalue weighted by molar-refractivity contribution is 5.70. The molecule has 0 bridgehead atoms. The highest BCUT2D eigenvalue weighted by atomic mass is 16.5. The van der Waals surface area contributed by atoms with Crippen molar-refractivity contribution in [2.75, 3.05) is 6.61 Å². The van der Waals surface area contributed by atoms with E-state index in [0.29, 0.717) is 6.61 Å². The minimum Gasteiger partial charge on any atom is -0.481 e. The van der Waals surface area contributed by atoms with Gasteiger partial charge < -0.3 is 9.84 Å². The molecule has 0 spiro atoms. The lowest BCUT2D eigenvalue weighted by molar-refractivity contribution is -0.145.